The fourth-order valence-corrected chi connectivity index (χ4v) is 7.20. The Bertz CT molecular complexity index is 1820. The number of benzene rings is 2. The van der Waals surface area contributed by atoms with Gasteiger partial charge in [0, 0.05) is 52.9 Å². The zero-order valence-corrected chi connectivity index (χ0v) is 25.3. The van der Waals surface area contributed by atoms with Gasteiger partial charge in [-0.1, -0.05) is 23.2 Å². The van der Waals surface area contributed by atoms with Gasteiger partial charge in [0.05, 0.1) is 47.2 Å². The molecule has 2 atom stereocenters. The van der Waals surface area contributed by atoms with Gasteiger partial charge in [-0.05, 0) is 69.2 Å². The summed E-state index contributed by atoms with van der Waals surface area (Å²) in [5.74, 6) is 0.254. The summed E-state index contributed by atoms with van der Waals surface area (Å²) in [5.41, 5.74) is 4.60. The van der Waals surface area contributed by atoms with Gasteiger partial charge < -0.3 is 15.1 Å². The lowest BCUT2D eigenvalue weighted by molar-refractivity contribution is 0.246. The molecule has 1 N–H and O–H groups in total. The SMILES string of the molecule is Cc1c(Cl)cc2c(c1-c1c(Cl)cc3c(nc(N4CC(N(C)C)C4)c4cnn([C@H]5CCN[C@H](CC#N)C5)c43)c1F)C=NC2. The molecule has 8 nitrogen and oxygen atoms in total. The molecule has 2 fully saturated rings. The van der Waals surface area contributed by atoms with Gasteiger partial charge in [0.15, 0.2) is 5.82 Å². The molecule has 42 heavy (non-hydrogen) atoms. The van der Waals surface area contributed by atoms with Crippen LogP contribution in [0.3, 0.4) is 0 Å². The van der Waals surface area contributed by atoms with Crippen LogP contribution < -0.4 is 10.2 Å². The quantitative estimate of drug-likeness (QED) is 0.305. The second-order valence-corrected chi connectivity index (χ2v) is 12.7. The van der Waals surface area contributed by atoms with E-state index in [1.807, 2.05) is 29.9 Å². The number of aromatic nitrogens is 3. The van der Waals surface area contributed by atoms with Gasteiger partial charge in [0.2, 0.25) is 0 Å². The van der Waals surface area contributed by atoms with Crippen molar-refractivity contribution in [2.24, 2.45) is 4.99 Å². The molecule has 0 saturated carbocycles. The van der Waals surface area contributed by atoms with Crippen molar-refractivity contribution in [3.05, 3.63) is 50.9 Å². The fourth-order valence-electron chi connectivity index (χ4n) is 6.69. The van der Waals surface area contributed by atoms with E-state index in [1.54, 1.807) is 6.21 Å². The number of hydrogen-bond donors (Lipinski definition) is 1. The van der Waals surface area contributed by atoms with Gasteiger partial charge in [0.1, 0.15) is 11.3 Å². The Balaban J connectivity index is 1.47. The van der Waals surface area contributed by atoms with Gasteiger partial charge in [0.25, 0.3) is 0 Å². The number of aliphatic imine (C=N–C) groups is 1. The molecule has 11 heteroatoms. The van der Waals surface area contributed by atoms with Crippen molar-refractivity contribution in [2.75, 3.05) is 38.6 Å². The topological polar surface area (TPSA) is 85.4 Å². The number of hydrogen-bond acceptors (Lipinski definition) is 7. The summed E-state index contributed by atoms with van der Waals surface area (Å²) in [6.07, 6.45) is 5.68. The maximum atomic E-state index is 17.0. The van der Waals surface area contributed by atoms with Crippen molar-refractivity contribution in [1.29, 1.82) is 5.26 Å². The van der Waals surface area contributed by atoms with Crippen LogP contribution in [0.1, 0.15) is 42.0 Å². The minimum atomic E-state index is -0.474. The van der Waals surface area contributed by atoms with Crippen LogP contribution in [-0.4, -0.2) is 71.7 Å². The van der Waals surface area contributed by atoms with E-state index in [9.17, 15) is 5.26 Å². The lowest BCUT2D eigenvalue weighted by atomic mass is 9.91. The molecule has 0 radical (unpaired) electrons. The number of fused-ring (bicyclic) bond motifs is 4. The van der Waals surface area contributed by atoms with Crippen molar-refractivity contribution in [3.63, 3.8) is 0 Å². The highest BCUT2D eigenvalue weighted by atomic mass is 35.5. The molecule has 7 rings (SSSR count). The van der Waals surface area contributed by atoms with E-state index in [2.05, 4.69) is 40.3 Å². The van der Waals surface area contributed by atoms with Gasteiger partial charge in [-0.15, -0.1) is 0 Å². The molecule has 0 amide bonds. The third-order valence-corrected chi connectivity index (χ3v) is 9.82. The summed E-state index contributed by atoms with van der Waals surface area (Å²) in [6, 6.07) is 6.55. The molecule has 0 bridgehead atoms. The number of halogens is 3. The number of pyridine rings is 1. The number of nitriles is 1. The van der Waals surface area contributed by atoms with Gasteiger partial charge >= 0.3 is 0 Å². The van der Waals surface area contributed by atoms with E-state index in [0.29, 0.717) is 45.6 Å². The Morgan fingerprint density at radius 3 is 2.74 bits per heavy atom. The van der Waals surface area contributed by atoms with Crippen molar-refractivity contribution in [1.82, 2.24) is 25.0 Å². The van der Waals surface area contributed by atoms with Crippen LogP contribution in [0.2, 0.25) is 10.0 Å². The molecule has 3 aliphatic heterocycles. The number of anilines is 1. The molecule has 0 unspecified atom stereocenters. The number of nitrogens with one attached hydrogen (secondary N) is 1. The second-order valence-electron chi connectivity index (χ2n) is 11.8. The van der Waals surface area contributed by atoms with E-state index >= 15 is 4.39 Å². The monoisotopic (exact) mass is 604 g/mol. The minimum absolute atomic E-state index is 0.0580. The van der Waals surface area contributed by atoms with Crippen molar-refractivity contribution in [2.45, 2.75) is 50.9 Å². The summed E-state index contributed by atoms with van der Waals surface area (Å²) in [4.78, 5) is 13.8. The standard InChI is InChI=1S/C31H31Cl2FN8/c1-16-24(32)8-17-11-36-12-22(17)26(16)27-25(33)10-21-29(28(27)34)39-31(41-14-20(15-41)40(2)3)23-13-38-42(30(21)23)19-5-7-37-18(9-19)4-6-35/h8,10,12-13,18-20,37H,4-5,7,9,11,14-15H2,1-3H3/t18-,19+/m1/s1. The first kappa shape index (κ1) is 27.5. The van der Waals surface area contributed by atoms with Crippen molar-refractivity contribution in [3.8, 4) is 17.2 Å². The number of nitrogens with zero attached hydrogens (tertiary/aromatic N) is 7. The molecule has 4 aromatic rings. The maximum Gasteiger partial charge on any atom is 0.158 e. The van der Waals surface area contributed by atoms with E-state index < -0.39 is 5.82 Å². The Labute approximate surface area is 253 Å². The number of likely N-dealkylation sites (N-methyl/N-ethyl adjacent to an activating group) is 1. The first-order chi connectivity index (χ1) is 20.3. The average Bonchev–Trinajstić information content (AvgIpc) is 3.58. The highest BCUT2D eigenvalue weighted by Crippen LogP contribution is 2.45. The van der Waals surface area contributed by atoms with Crippen LogP contribution in [0.25, 0.3) is 32.9 Å². The van der Waals surface area contributed by atoms with E-state index in [1.165, 1.54) is 0 Å². The fraction of sp³-hybridized carbons (Fsp3) is 0.419. The number of rotatable bonds is 5. The Morgan fingerprint density at radius 1 is 1.17 bits per heavy atom. The predicted molar refractivity (Wildman–Crippen MR) is 166 cm³/mol. The minimum Gasteiger partial charge on any atom is -0.353 e. The average molecular weight is 606 g/mol. The second kappa shape index (κ2) is 10.5. The van der Waals surface area contributed by atoms with Crippen LogP contribution in [0.15, 0.2) is 23.3 Å². The summed E-state index contributed by atoms with van der Waals surface area (Å²) >= 11 is 13.6. The normalized spacial score (nSPS) is 20.5. The summed E-state index contributed by atoms with van der Waals surface area (Å²) in [6.45, 7) is 4.76. The molecule has 2 aromatic carbocycles. The smallest absolute Gasteiger partial charge is 0.158 e. The molecule has 0 spiro atoms. The Kier molecular flexibility index (Phi) is 6.86. The van der Waals surface area contributed by atoms with Crippen molar-refractivity contribution >= 4 is 57.0 Å². The highest BCUT2D eigenvalue weighted by Gasteiger charge is 2.34. The van der Waals surface area contributed by atoms with Crippen LogP contribution in [-0.2, 0) is 6.54 Å². The van der Waals surface area contributed by atoms with E-state index in [4.69, 9.17) is 33.3 Å². The third kappa shape index (κ3) is 4.27. The third-order valence-electron chi connectivity index (χ3n) is 9.13. The van der Waals surface area contributed by atoms with Crippen LogP contribution in [0, 0.1) is 24.1 Å². The lowest BCUT2D eigenvalue weighted by Crippen LogP contribution is -2.57. The Hall–Kier alpha value is -3.29. The van der Waals surface area contributed by atoms with Gasteiger partial charge in [-0.2, -0.15) is 10.4 Å². The summed E-state index contributed by atoms with van der Waals surface area (Å²) in [7, 11) is 4.14. The van der Waals surface area contributed by atoms with E-state index in [0.717, 1.165) is 65.9 Å². The molecule has 3 aliphatic rings. The predicted octanol–water partition coefficient (Wildman–Crippen LogP) is 5.90. The van der Waals surface area contributed by atoms with Crippen LogP contribution in [0.4, 0.5) is 10.2 Å². The zero-order chi connectivity index (χ0) is 29.3. The first-order valence-corrected chi connectivity index (χ1v) is 15.0. The highest BCUT2D eigenvalue weighted by molar-refractivity contribution is 6.36. The van der Waals surface area contributed by atoms with Crippen molar-refractivity contribution < 1.29 is 4.39 Å². The number of piperidine rings is 1. The molecule has 2 aromatic heterocycles. The first-order valence-electron chi connectivity index (χ1n) is 14.3. The van der Waals surface area contributed by atoms with E-state index in [-0.39, 0.29) is 17.6 Å². The molecule has 2 saturated heterocycles. The molecule has 0 aliphatic carbocycles. The summed E-state index contributed by atoms with van der Waals surface area (Å²) < 4.78 is 19.0. The summed E-state index contributed by atoms with van der Waals surface area (Å²) in [5, 5.41) is 20.0. The maximum absolute atomic E-state index is 17.0. The molecular formula is C31H31Cl2FN8. The van der Waals surface area contributed by atoms with Gasteiger partial charge in [-0.3, -0.25) is 9.67 Å². The Morgan fingerprint density at radius 2 is 1.98 bits per heavy atom. The van der Waals surface area contributed by atoms with Crippen LogP contribution in [0.5, 0.6) is 0 Å². The zero-order valence-electron chi connectivity index (χ0n) is 23.8. The molecular weight excluding hydrogens is 574 g/mol. The molecule has 216 valence electrons. The largest absolute Gasteiger partial charge is 0.353 e. The molecule has 5 heterocycles. The van der Waals surface area contributed by atoms with Crippen LogP contribution >= 0.6 is 23.2 Å². The lowest BCUT2D eigenvalue weighted by Gasteiger charge is -2.43. The van der Waals surface area contributed by atoms with Gasteiger partial charge in [-0.25, -0.2) is 9.37 Å².